The molecule has 5 heteroatoms. The fraction of sp³-hybridized carbons (Fsp3) is 0.737. The van der Waals surface area contributed by atoms with E-state index in [-0.39, 0.29) is 0 Å². The van der Waals surface area contributed by atoms with E-state index in [2.05, 4.69) is 39.3 Å². The lowest BCUT2D eigenvalue weighted by Crippen LogP contribution is -2.54. The predicted octanol–water partition coefficient (Wildman–Crippen LogP) is 2.66. The molecule has 1 aromatic heterocycles. The number of hydrogen-bond acceptors (Lipinski definition) is 4. The Kier molecular flexibility index (Phi) is 4.67. The SMILES string of the molecule is CN1CC[C@H](N2CC3(CCC2=O)CCN(Cc2cccs2)CC3)C1. The van der Waals surface area contributed by atoms with Crippen LogP contribution in [0.4, 0.5) is 0 Å². The molecule has 4 heterocycles. The number of likely N-dealkylation sites (tertiary alicyclic amines) is 3. The summed E-state index contributed by atoms with van der Waals surface area (Å²) in [5.74, 6) is 0.405. The maximum Gasteiger partial charge on any atom is 0.222 e. The van der Waals surface area contributed by atoms with E-state index in [0.717, 1.165) is 45.4 Å². The summed E-state index contributed by atoms with van der Waals surface area (Å²) in [6.45, 7) is 6.68. The molecule has 24 heavy (non-hydrogen) atoms. The maximum absolute atomic E-state index is 12.5. The van der Waals surface area contributed by atoms with E-state index in [4.69, 9.17) is 0 Å². The predicted molar refractivity (Wildman–Crippen MR) is 98.1 cm³/mol. The van der Waals surface area contributed by atoms with E-state index < -0.39 is 0 Å². The zero-order valence-corrected chi connectivity index (χ0v) is 15.6. The molecule has 3 aliphatic heterocycles. The van der Waals surface area contributed by atoms with Crippen molar-refractivity contribution in [3.63, 3.8) is 0 Å². The van der Waals surface area contributed by atoms with Crippen LogP contribution in [0.2, 0.25) is 0 Å². The van der Waals surface area contributed by atoms with Crippen LogP contribution in [0.15, 0.2) is 17.5 Å². The molecule has 1 aromatic rings. The zero-order chi connectivity index (χ0) is 16.6. The first-order chi connectivity index (χ1) is 11.6. The van der Waals surface area contributed by atoms with Gasteiger partial charge in [0.15, 0.2) is 0 Å². The molecule has 1 spiro atoms. The standard InChI is InChI=1S/C19H29N3OS/c1-20-9-5-16(13-20)22-15-19(6-4-18(22)23)7-10-21(11-8-19)14-17-3-2-12-24-17/h2-3,12,16H,4-11,13-15H2,1H3/t16-/m0/s1. The van der Waals surface area contributed by atoms with Crippen molar-refractivity contribution in [1.82, 2.24) is 14.7 Å². The van der Waals surface area contributed by atoms with Crippen molar-refractivity contribution < 1.29 is 4.79 Å². The number of carbonyl (C=O) groups excluding carboxylic acids is 1. The van der Waals surface area contributed by atoms with Crippen LogP contribution in [0.25, 0.3) is 0 Å². The molecule has 0 saturated carbocycles. The van der Waals surface area contributed by atoms with Crippen LogP contribution in [0, 0.1) is 5.41 Å². The zero-order valence-electron chi connectivity index (χ0n) is 14.7. The minimum atomic E-state index is 0.390. The minimum absolute atomic E-state index is 0.390. The average Bonchev–Trinajstić information content (AvgIpc) is 3.24. The fourth-order valence-corrected chi connectivity index (χ4v) is 5.51. The Morgan fingerprint density at radius 1 is 1.25 bits per heavy atom. The topological polar surface area (TPSA) is 26.8 Å². The van der Waals surface area contributed by atoms with Gasteiger partial charge in [0, 0.05) is 37.0 Å². The molecule has 4 nitrogen and oxygen atoms in total. The molecule has 0 aliphatic carbocycles. The van der Waals surface area contributed by atoms with Crippen LogP contribution < -0.4 is 0 Å². The Morgan fingerprint density at radius 2 is 2.08 bits per heavy atom. The fourth-order valence-electron chi connectivity index (χ4n) is 4.76. The van der Waals surface area contributed by atoms with E-state index in [1.165, 1.54) is 30.8 Å². The van der Waals surface area contributed by atoms with Crippen molar-refractivity contribution >= 4 is 17.2 Å². The van der Waals surface area contributed by atoms with Crippen molar-refractivity contribution in [2.75, 3.05) is 39.8 Å². The first-order valence-electron chi connectivity index (χ1n) is 9.36. The Bertz CT molecular complexity index is 565. The van der Waals surface area contributed by atoms with Gasteiger partial charge in [0.25, 0.3) is 0 Å². The van der Waals surface area contributed by atoms with Gasteiger partial charge in [-0.3, -0.25) is 9.69 Å². The molecule has 3 fully saturated rings. The summed E-state index contributed by atoms with van der Waals surface area (Å²) in [6.07, 6.45) is 5.54. The number of piperidine rings is 2. The normalized spacial score (nSPS) is 28.8. The maximum atomic E-state index is 12.5. The number of carbonyl (C=O) groups is 1. The number of rotatable bonds is 3. The lowest BCUT2D eigenvalue weighted by atomic mass is 9.72. The number of thiophene rings is 1. The van der Waals surface area contributed by atoms with Crippen molar-refractivity contribution in [3.8, 4) is 0 Å². The average molecular weight is 348 g/mol. The van der Waals surface area contributed by atoms with E-state index >= 15 is 0 Å². The van der Waals surface area contributed by atoms with Crippen LogP contribution in [0.1, 0.15) is 37.0 Å². The lowest BCUT2D eigenvalue weighted by molar-refractivity contribution is -0.142. The molecule has 1 atom stereocenters. The van der Waals surface area contributed by atoms with E-state index in [9.17, 15) is 4.79 Å². The van der Waals surface area contributed by atoms with Gasteiger partial charge in [0.05, 0.1) is 0 Å². The highest BCUT2D eigenvalue weighted by molar-refractivity contribution is 7.09. The number of amides is 1. The van der Waals surface area contributed by atoms with E-state index in [0.29, 0.717) is 17.4 Å². The van der Waals surface area contributed by atoms with Gasteiger partial charge in [-0.15, -0.1) is 11.3 Å². The summed E-state index contributed by atoms with van der Waals surface area (Å²) in [6, 6.07) is 4.85. The van der Waals surface area contributed by atoms with Gasteiger partial charge >= 0.3 is 0 Å². The first-order valence-corrected chi connectivity index (χ1v) is 10.2. The molecule has 0 N–H and O–H groups in total. The summed E-state index contributed by atoms with van der Waals surface area (Å²) in [5, 5.41) is 2.17. The van der Waals surface area contributed by atoms with Gasteiger partial charge < -0.3 is 9.80 Å². The second-order valence-corrected chi connectivity index (χ2v) is 9.11. The molecule has 0 radical (unpaired) electrons. The van der Waals surface area contributed by atoms with E-state index in [1.54, 1.807) is 0 Å². The summed E-state index contributed by atoms with van der Waals surface area (Å²) in [7, 11) is 2.17. The number of hydrogen-bond donors (Lipinski definition) is 0. The third-order valence-electron chi connectivity index (χ3n) is 6.38. The molecule has 0 aromatic carbocycles. The Labute approximate surface area is 149 Å². The van der Waals surface area contributed by atoms with E-state index in [1.807, 2.05) is 11.3 Å². The molecule has 3 aliphatic rings. The molecule has 3 saturated heterocycles. The van der Waals surface area contributed by atoms with Crippen LogP contribution in [-0.4, -0.2) is 66.4 Å². The third kappa shape index (κ3) is 3.39. The van der Waals surface area contributed by atoms with Crippen LogP contribution in [0.3, 0.4) is 0 Å². The van der Waals surface area contributed by atoms with Crippen molar-refractivity contribution in [1.29, 1.82) is 0 Å². The highest BCUT2D eigenvalue weighted by Gasteiger charge is 2.43. The molecular formula is C19H29N3OS. The highest BCUT2D eigenvalue weighted by atomic mass is 32.1. The second-order valence-electron chi connectivity index (χ2n) is 8.08. The van der Waals surface area contributed by atoms with Gasteiger partial charge in [0.1, 0.15) is 0 Å². The van der Waals surface area contributed by atoms with Crippen molar-refractivity contribution in [2.45, 2.75) is 44.7 Å². The molecule has 0 bridgehead atoms. The van der Waals surface area contributed by atoms with Gasteiger partial charge in [-0.05, 0) is 69.2 Å². The quantitative estimate of drug-likeness (QED) is 0.841. The summed E-state index contributed by atoms with van der Waals surface area (Å²) in [4.78, 5) is 21.2. The summed E-state index contributed by atoms with van der Waals surface area (Å²) in [5.41, 5.74) is 0.390. The van der Waals surface area contributed by atoms with Gasteiger partial charge in [-0.25, -0.2) is 0 Å². The van der Waals surface area contributed by atoms with Crippen LogP contribution >= 0.6 is 11.3 Å². The first kappa shape index (κ1) is 16.6. The second kappa shape index (κ2) is 6.77. The summed E-state index contributed by atoms with van der Waals surface area (Å²) >= 11 is 1.86. The molecule has 4 rings (SSSR count). The Hall–Kier alpha value is -0.910. The Morgan fingerprint density at radius 3 is 2.75 bits per heavy atom. The Balaban J connectivity index is 1.36. The largest absolute Gasteiger partial charge is 0.338 e. The van der Waals surface area contributed by atoms with Gasteiger partial charge in [-0.2, -0.15) is 0 Å². The van der Waals surface area contributed by atoms with Crippen molar-refractivity contribution in [3.05, 3.63) is 22.4 Å². The third-order valence-corrected chi connectivity index (χ3v) is 7.24. The van der Waals surface area contributed by atoms with Crippen molar-refractivity contribution in [2.24, 2.45) is 5.41 Å². The molecule has 0 unspecified atom stereocenters. The molecule has 1 amide bonds. The highest BCUT2D eigenvalue weighted by Crippen LogP contribution is 2.41. The number of likely N-dealkylation sites (N-methyl/N-ethyl adjacent to an activating group) is 1. The lowest BCUT2D eigenvalue weighted by Gasteiger charge is -2.49. The number of nitrogens with zero attached hydrogens (tertiary/aromatic N) is 3. The van der Waals surface area contributed by atoms with Gasteiger partial charge in [-0.1, -0.05) is 6.07 Å². The van der Waals surface area contributed by atoms with Crippen LogP contribution in [0.5, 0.6) is 0 Å². The van der Waals surface area contributed by atoms with Gasteiger partial charge in [0.2, 0.25) is 5.91 Å². The molecule has 132 valence electrons. The smallest absolute Gasteiger partial charge is 0.222 e. The monoisotopic (exact) mass is 347 g/mol. The molecular weight excluding hydrogens is 318 g/mol. The van der Waals surface area contributed by atoms with Crippen LogP contribution in [-0.2, 0) is 11.3 Å². The summed E-state index contributed by atoms with van der Waals surface area (Å²) < 4.78 is 0. The minimum Gasteiger partial charge on any atom is -0.338 e.